The molecule has 1 heterocycles. The fourth-order valence-corrected chi connectivity index (χ4v) is 2.62. The van der Waals surface area contributed by atoms with Crippen LogP contribution in [0.25, 0.3) is 0 Å². The van der Waals surface area contributed by atoms with Crippen LogP contribution in [0.4, 0.5) is 10.5 Å². The topological polar surface area (TPSA) is 71.5 Å². The van der Waals surface area contributed by atoms with Crippen LogP contribution in [0.3, 0.4) is 0 Å². The minimum Gasteiger partial charge on any atom is -0.441 e. The van der Waals surface area contributed by atoms with Crippen molar-refractivity contribution in [3.8, 4) is 0 Å². The van der Waals surface area contributed by atoms with E-state index < -0.39 is 11.7 Å². The van der Waals surface area contributed by atoms with Gasteiger partial charge in [-0.2, -0.15) is 0 Å². The van der Waals surface area contributed by atoms with Crippen molar-refractivity contribution < 1.29 is 14.3 Å². The van der Waals surface area contributed by atoms with Crippen LogP contribution < -0.4 is 10.2 Å². The average molecular weight is 360 g/mol. The average Bonchev–Trinajstić information content (AvgIpc) is 3.40. The molecule has 130 valence electrons. The number of alkyl carbamates (subject to hydrolysis) is 1. The Hall–Kier alpha value is -2.60. The molecule has 1 aromatic carbocycles. The molecule has 2 aromatic rings. The lowest BCUT2D eigenvalue weighted by molar-refractivity contribution is 0.0806. The van der Waals surface area contributed by atoms with Crippen molar-refractivity contribution in [3.63, 3.8) is 0 Å². The summed E-state index contributed by atoms with van der Waals surface area (Å²) in [5.74, 6) is -0.184. The molecular weight excluding hydrogens is 342 g/mol. The zero-order valence-corrected chi connectivity index (χ0v) is 14.5. The predicted molar refractivity (Wildman–Crippen MR) is 94.9 cm³/mol. The molecule has 1 aliphatic carbocycles. The number of nitrogens with zero attached hydrogens (tertiary/aromatic N) is 2. The molecule has 25 heavy (non-hydrogen) atoms. The van der Waals surface area contributed by atoms with Crippen molar-refractivity contribution in [2.45, 2.75) is 18.4 Å². The predicted octanol–water partition coefficient (Wildman–Crippen LogP) is 3.27. The second kappa shape index (κ2) is 7.11. The number of hydrogen-bond donors (Lipinski definition) is 1. The van der Waals surface area contributed by atoms with E-state index in [2.05, 4.69) is 10.3 Å². The molecule has 0 saturated heterocycles. The number of benzene rings is 1. The normalized spacial score (nSPS) is 14.5. The fraction of sp³-hybridized carbons (Fsp3) is 0.278. The molecule has 0 unspecified atom stereocenters. The first-order chi connectivity index (χ1) is 12.0. The molecule has 0 aliphatic heterocycles. The highest BCUT2D eigenvalue weighted by atomic mass is 35.5. The van der Waals surface area contributed by atoms with Gasteiger partial charge in [-0.1, -0.05) is 29.8 Å². The summed E-state index contributed by atoms with van der Waals surface area (Å²) in [5.41, 5.74) is 0.489. The van der Waals surface area contributed by atoms with Crippen molar-refractivity contribution in [3.05, 3.63) is 59.4 Å². The van der Waals surface area contributed by atoms with Crippen LogP contribution in [0.5, 0.6) is 0 Å². The minimum atomic E-state index is -0.663. The summed E-state index contributed by atoms with van der Waals surface area (Å²) < 4.78 is 5.47. The van der Waals surface area contributed by atoms with E-state index in [1.165, 1.54) is 7.05 Å². The van der Waals surface area contributed by atoms with Gasteiger partial charge in [0.25, 0.3) is 5.91 Å². The third kappa shape index (κ3) is 4.09. The lowest BCUT2D eigenvalue weighted by Gasteiger charge is -2.27. The zero-order valence-electron chi connectivity index (χ0n) is 13.7. The minimum absolute atomic E-state index is 0.184. The van der Waals surface area contributed by atoms with Gasteiger partial charge in [-0.15, -0.1) is 0 Å². The van der Waals surface area contributed by atoms with Crippen LogP contribution in [-0.4, -0.2) is 36.2 Å². The van der Waals surface area contributed by atoms with Crippen LogP contribution in [0.1, 0.15) is 23.2 Å². The van der Waals surface area contributed by atoms with E-state index in [0.717, 1.165) is 0 Å². The Bertz CT molecular complexity index is 761. The van der Waals surface area contributed by atoms with Gasteiger partial charge in [0.05, 0.1) is 18.4 Å². The van der Waals surface area contributed by atoms with Crippen molar-refractivity contribution in [2.75, 3.05) is 18.5 Å². The van der Waals surface area contributed by atoms with Crippen LogP contribution in [-0.2, 0) is 4.74 Å². The molecular formula is C18H18ClN3O3. The summed E-state index contributed by atoms with van der Waals surface area (Å²) >= 11 is 5.85. The summed E-state index contributed by atoms with van der Waals surface area (Å²) in [5, 5.41) is 2.79. The first-order valence-electron chi connectivity index (χ1n) is 7.92. The van der Waals surface area contributed by atoms with Crippen molar-refractivity contribution in [1.82, 2.24) is 10.3 Å². The number of anilines is 1. The first kappa shape index (κ1) is 17.2. The van der Waals surface area contributed by atoms with Crippen LogP contribution >= 0.6 is 11.6 Å². The molecule has 0 bridgehead atoms. The van der Waals surface area contributed by atoms with Crippen molar-refractivity contribution in [2.24, 2.45) is 0 Å². The third-order valence-corrected chi connectivity index (χ3v) is 4.28. The van der Waals surface area contributed by atoms with E-state index in [1.807, 2.05) is 6.07 Å². The standard InChI is InChI=1S/C18H18ClN3O3/c1-20-17(24)25-18(9-10-18)12-22(14-7-8-15(19)21-11-14)16(23)13-5-3-2-4-6-13/h2-8,11H,9-10,12H2,1H3,(H,20,24). The molecule has 1 aliphatic rings. The van der Waals surface area contributed by atoms with E-state index in [9.17, 15) is 9.59 Å². The van der Waals surface area contributed by atoms with Gasteiger partial charge < -0.3 is 15.0 Å². The molecule has 1 fully saturated rings. The highest BCUT2D eigenvalue weighted by Crippen LogP contribution is 2.41. The number of carbonyl (C=O) groups is 2. The van der Waals surface area contributed by atoms with Crippen LogP contribution in [0.2, 0.25) is 5.15 Å². The molecule has 0 spiro atoms. The fourth-order valence-electron chi connectivity index (χ4n) is 2.51. The summed E-state index contributed by atoms with van der Waals surface area (Å²) in [7, 11) is 1.51. The number of amides is 2. The molecule has 3 rings (SSSR count). The highest BCUT2D eigenvalue weighted by molar-refractivity contribution is 6.29. The van der Waals surface area contributed by atoms with E-state index in [0.29, 0.717) is 29.2 Å². The Balaban J connectivity index is 1.88. The number of hydrogen-bond acceptors (Lipinski definition) is 4. The largest absolute Gasteiger partial charge is 0.441 e. The maximum Gasteiger partial charge on any atom is 0.407 e. The Morgan fingerprint density at radius 2 is 1.96 bits per heavy atom. The Kier molecular flexibility index (Phi) is 4.90. The second-order valence-electron chi connectivity index (χ2n) is 5.92. The quantitative estimate of drug-likeness (QED) is 0.832. The van der Waals surface area contributed by atoms with Crippen molar-refractivity contribution in [1.29, 1.82) is 0 Å². The van der Waals surface area contributed by atoms with E-state index in [4.69, 9.17) is 16.3 Å². The lowest BCUT2D eigenvalue weighted by atomic mass is 10.1. The maximum atomic E-state index is 13.0. The number of rotatable bonds is 5. The molecule has 7 heteroatoms. The molecule has 1 saturated carbocycles. The molecule has 0 radical (unpaired) electrons. The summed E-state index contributed by atoms with van der Waals surface area (Å²) in [6, 6.07) is 12.3. The maximum absolute atomic E-state index is 13.0. The van der Waals surface area contributed by atoms with Gasteiger partial charge in [0.1, 0.15) is 10.8 Å². The summed E-state index contributed by atoms with van der Waals surface area (Å²) in [6.07, 6.45) is 2.46. The molecule has 6 nitrogen and oxygen atoms in total. The molecule has 0 atom stereocenters. The molecule has 1 N–H and O–H groups in total. The zero-order chi connectivity index (χ0) is 17.9. The number of carbonyl (C=O) groups excluding carboxylic acids is 2. The van der Waals surface area contributed by atoms with E-state index >= 15 is 0 Å². The molecule has 1 aromatic heterocycles. The third-order valence-electron chi connectivity index (χ3n) is 4.06. The lowest BCUT2D eigenvalue weighted by Crippen LogP contribution is -2.42. The highest BCUT2D eigenvalue weighted by Gasteiger charge is 2.49. The Morgan fingerprint density at radius 1 is 1.24 bits per heavy atom. The number of nitrogens with one attached hydrogen (secondary N) is 1. The molecule has 2 amide bonds. The number of ether oxygens (including phenoxy) is 1. The summed E-state index contributed by atoms with van der Waals surface area (Å²) in [4.78, 5) is 30.2. The van der Waals surface area contributed by atoms with Gasteiger partial charge in [0, 0.05) is 12.6 Å². The van der Waals surface area contributed by atoms with E-state index in [1.54, 1.807) is 47.5 Å². The Labute approximate surface area is 150 Å². The number of halogens is 1. The van der Waals surface area contributed by atoms with Gasteiger partial charge in [-0.05, 0) is 37.1 Å². The SMILES string of the molecule is CNC(=O)OC1(CN(C(=O)c2ccccc2)c2ccc(Cl)nc2)CC1. The van der Waals surface area contributed by atoms with Gasteiger partial charge in [-0.25, -0.2) is 9.78 Å². The Morgan fingerprint density at radius 3 is 2.52 bits per heavy atom. The van der Waals surface area contributed by atoms with E-state index in [-0.39, 0.29) is 12.5 Å². The monoisotopic (exact) mass is 359 g/mol. The second-order valence-corrected chi connectivity index (χ2v) is 6.31. The van der Waals surface area contributed by atoms with Gasteiger partial charge in [0.15, 0.2) is 0 Å². The summed E-state index contributed by atoms with van der Waals surface area (Å²) in [6.45, 7) is 0.261. The smallest absolute Gasteiger partial charge is 0.407 e. The van der Waals surface area contributed by atoms with Crippen LogP contribution in [0, 0.1) is 0 Å². The van der Waals surface area contributed by atoms with Gasteiger partial charge in [0.2, 0.25) is 0 Å². The number of aromatic nitrogens is 1. The first-order valence-corrected chi connectivity index (χ1v) is 8.30. The van der Waals surface area contributed by atoms with Crippen LogP contribution in [0.15, 0.2) is 48.7 Å². The van der Waals surface area contributed by atoms with Gasteiger partial charge in [-0.3, -0.25) is 4.79 Å². The van der Waals surface area contributed by atoms with Crippen molar-refractivity contribution >= 4 is 29.3 Å². The number of pyridine rings is 1. The van der Waals surface area contributed by atoms with Gasteiger partial charge >= 0.3 is 6.09 Å².